The van der Waals surface area contributed by atoms with E-state index in [9.17, 15) is 8.78 Å². The summed E-state index contributed by atoms with van der Waals surface area (Å²) in [6.45, 7) is 0.292. The third kappa shape index (κ3) is 2.99. The molecule has 0 saturated carbocycles. The number of ether oxygens (including phenoxy) is 2. The zero-order valence-corrected chi connectivity index (χ0v) is 11.2. The average molecular weight is 279 g/mol. The fraction of sp³-hybridized carbons (Fsp3) is 0.200. The Kier molecular flexibility index (Phi) is 4.40. The van der Waals surface area contributed by atoms with E-state index >= 15 is 0 Å². The van der Waals surface area contributed by atoms with Crippen molar-refractivity contribution in [2.75, 3.05) is 19.5 Å². The summed E-state index contributed by atoms with van der Waals surface area (Å²) in [6, 6.07) is 9.31. The van der Waals surface area contributed by atoms with Gasteiger partial charge in [-0.05, 0) is 30.3 Å². The molecule has 0 aliphatic carbocycles. The molecule has 0 unspecified atom stereocenters. The van der Waals surface area contributed by atoms with Crippen molar-refractivity contribution in [3.05, 3.63) is 53.6 Å². The van der Waals surface area contributed by atoms with Gasteiger partial charge in [-0.2, -0.15) is 0 Å². The quantitative estimate of drug-likeness (QED) is 0.907. The van der Waals surface area contributed by atoms with Crippen LogP contribution in [0.5, 0.6) is 11.5 Å². The van der Waals surface area contributed by atoms with Gasteiger partial charge in [-0.15, -0.1) is 0 Å². The summed E-state index contributed by atoms with van der Waals surface area (Å²) >= 11 is 0. The average Bonchev–Trinajstić information content (AvgIpc) is 2.48. The largest absolute Gasteiger partial charge is 0.497 e. The van der Waals surface area contributed by atoms with E-state index in [1.54, 1.807) is 32.4 Å². The fourth-order valence-electron chi connectivity index (χ4n) is 1.85. The van der Waals surface area contributed by atoms with E-state index in [1.807, 2.05) is 0 Å². The van der Waals surface area contributed by atoms with Crippen LogP contribution in [0.4, 0.5) is 14.5 Å². The molecule has 0 aromatic heterocycles. The van der Waals surface area contributed by atoms with Crippen LogP contribution in [0.1, 0.15) is 5.56 Å². The predicted molar refractivity (Wildman–Crippen MR) is 73.2 cm³/mol. The minimum Gasteiger partial charge on any atom is -0.497 e. The maximum Gasteiger partial charge on any atom is 0.181 e. The van der Waals surface area contributed by atoms with E-state index in [1.165, 1.54) is 12.1 Å². The lowest BCUT2D eigenvalue weighted by Crippen LogP contribution is -2.04. The van der Waals surface area contributed by atoms with Crippen molar-refractivity contribution in [2.45, 2.75) is 6.54 Å². The number of anilines is 1. The first kappa shape index (κ1) is 14.1. The third-order valence-electron chi connectivity index (χ3n) is 2.91. The number of benzene rings is 2. The van der Waals surface area contributed by atoms with Crippen LogP contribution in [0.2, 0.25) is 0 Å². The van der Waals surface area contributed by atoms with Crippen LogP contribution in [0.3, 0.4) is 0 Å². The Balaban J connectivity index is 2.19. The Morgan fingerprint density at radius 1 is 1.05 bits per heavy atom. The van der Waals surface area contributed by atoms with Crippen LogP contribution in [0.15, 0.2) is 36.4 Å². The molecule has 0 aliphatic rings. The van der Waals surface area contributed by atoms with E-state index in [0.717, 1.165) is 11.6 Å². The standard InChI is InChI=1S/C15H15F2NO2/c1-19-11-6-7-14(20-2)10(8-11)9-18-13-5-3-4-12(16)15(13)17/h3-8,18H,9H2,1-2H3. The van der Waals surface area contributed by atoms with Crippen molar-refractivity contribution in [3.8, 4) is 11.5 Å². The van der Waals surface area contributed by atoms with Crippen LogP contribution >= 0.6 is 0 Å². The highest BCUT2D eigenvalue weighted by Crippen LogP contribution is 2.25. The number of halogens is 2. The highest BCUT2D eigenvalue weighted by molar-refractivity contribution is 5.48. The molecule has 0 spiro atoms. The van der Waals surface area contributed by atoms with Gasteiger partial charge in [-0.1, -0.05) is 6.07 Å². The minimum absolute atomic E-state index is 0.106. The van der Waals surface area contributed by atoms with Gasteiger partial charge in [-0.3, -0.25) is 0 Å². The summed E-state index contributed by atoms with van der Waals surface area (Å²) in [5.74, 6) is -0.459. The van der Waals surface area contributed by atoms with Crippen LogP contribution in [0.25, 0.3) is 0 Å². The molecule has 106 valence electrons. The van der Waals surface area contributed by atoms with Crippen molar-refractivity contribution in [3.63, 3.8) is 0 Å². The maximum atomic E-state index is 13.5. The highest BCUT2D eigenvalue weighted by atomic mass is 19.2. The van der Waals surface area contributed by atoms with Gasteiger partial charge >= 0.3 is 0 Å². The van der Waals surface area contributed by atoms with Crippen LogP contribution in [0, 0.1) is 11.6 Å². The van der Waals surface area contributed by atoms with Gasteiger partial charge in [0.1, 0.15) is 11.5 Å². The third-order valence-corrected chi connectivity index (χ3v) is 2.91. The molecule has 0 aliphatic heterocycles. The van der Waals surface area contributed by atoms with E-state index in [4.69, 9.17) is 9.47 Å². The molecule has 5 heteroatoms. The predicted octanol–water partition coefficient (Wildman–Crippen LogP) is 3.59. The molecule has 0 bridgehead atoms. The lowest BCUT2D eigenvalue weighted by Gasteiger charge is -2.12. The van der Waals surface area contributed by atoms with Gasteiger partial charge in [-0.25, -0.2) is 8.78 Å². The van der Waals surface area contributed by atoms with Gasteiger partial charge in [0, 0.05) is 12.1 Å². The molecular formula is C15H15F2NO2. The molecule has 0 atom stereocenters. The molecule has 0 saturated heterocycles. The Morgan fingerprint density at radius 3 is 2.55 bits per heavy atom. The Morgan fingerprint density at radius 2 is 1.85 bits per heavy atom. The second kappa shape index (κ2) is 6.23. The Bertz CT molecular complexity index is 602. The van der Waals surface area contributed by atoms with E-state index in [-0.39, 0.29) is 5.69 Å². The molecular weight excluding hydrogens is 264 g/mol. The smallest absolute Gasteiger partial charge is 0.181 e. The van der Waals surface area contributed by atoms with Crippen molar-refractivity contribution >= 4 is 5.69 Å². The maximum absolute atomic E-state index is 13.5. The second-order valence-corrected chi connectivity index (χ2v) is 4.13. The Labute approximate surface area is 116 Å². The van der Waals surface area contributed by atoms with Gasteiger partial charge in [0.2, 0.25) is 0 Å². The number of nitrogens with one attached hydrogen (secondary N) is 1. The van der Waals surface area contributed by atoms with Crippen molar-refractivity contribution < 1.29 is 18.3 Å². The van der Waals surface area contributed by atoms with Crippen molar-refractivity contribution in [2.24, 2.45) is 0 Å². The molecule has 1 N–H and O–H groups in total. The summed E-state index contributed by atoms with van der Waals surface area (Å²) in [6.07, 6.45) is 0. The number of rotatable bonds is 5. The number of hydrogen-bond acceptors (Lipinski definition) is 3. The van der Waals surface area contributed by atoms with Crippen LogP contribution in [-0.4, -0.2) is 14.2 Å². The van der Waals surface area contributed by atoms with E-state index < -0.39 is 11.6 Å². The summed E-state index contributed by atoms with van der Waals surface area (Å²) in [4.78, 5) is 0. The molecule has 2 aromatic rings. The van der Waals surface area contributed by atoms with Crippen molar-refractivity contribution in [1.82, 2.24) is 0 Å². The summed E-state index contributed by atoms with van der Waals surface area (Å²) in [5.41, 5.74) is 0.894. The molecule has 0 radical (unpaired) electrons. The summed E-state index contributed by atoms with van der Waals surface area (Å²) in [5, 5.41) is 2.85. The molecule has 0 heterocycles. The van der Waals surface area contributed by atoms with Gasteiger partial charge in [0.25, 0.3) is 0 Å². The first-order valence-corrected chi connectivity index (χ1v) is 6.04. The molecule has 20 heavy (non-hydrogen) atoms. The highest BCUT2D eigenvalue weighted by Gasteiger charge is 2.09. The molecule has 3 nitrogen and oxygen atoms in total. The zero-order chi connectivity index (χ0) is 14.5. The normalized spacial score (nSPS) is 10.2. The molecule has 0 fully saturated rings. The van der Waals surface area contributed by atoms with E-state index in [2.05, 4.69) is 5.32 Å². The molecule has 2 aromatic carbocycles. The molecule has 0 amide bonds. The topological polar surface area (TPSA) is 30.5 Å². The monoisotopic (exact) mass is 279 g/mol. The zero-order valence-electron chi connectivity index (χ0n) is 11.2. The first-order valence-electron chi connectivity index (χ1n) is 6.04. The second-order valence-electron chi connectivity index (χ2n) is 4.13. The lowest BCUT2D eigenvalue weighted by atomic mass is 10.1. The first-order chi connectivity index (χ1) is 9.65. The van der Waals surface area contributed by atoms with Gasteiger partial charge < -0.3 is 14.8 Å². The SMILES string of the molecule is COc1ccc(OC)c(CNc2cccc(F)c2F)c1. The van der Waals surface area contributed by atoms with E-state index in [0.29, 0.717) is 18.0 Å². The fourth-order valence-corrected chi connectivity index (χ4v) is 1.85. The van der Waals surface area contributed by atoms with Gasteiger partial charge in [0.15, 0.2) is 11.6 Å². The van der Waals surface area contributed by atoms with Gasteiger partial charge in [0.05, 0.1) is 19.9 Å². The minimum atomic E-state index is -0.894. The summed E-state index contributed by atoms with van der Waals surface area (Å²) in [7, 11) is 3.11. The number of methoxy groups -OCH3 is 2. The van der Waals surface area contributed by atoms with Crippen LogP contribution < -0.4 is 14.8 Å². The van der Waals surface area contributed by atoms with Crippen molar-refractivity contribution in [1.29, 1.82) is 0 Å². The van der Waals surface area contributed by atoms with Crippen LogP contribution in [-0.2, 0) is 6.54 Å². The Hall–Kier alpha value is -2.30. The lowest BCUT2D eigenvalue weighted by molar-refractivity contribution is 0.399. The molecule has 2 rings (SSSR count). The number of hydrogen-bond donors (Lipinski definition) is 1. The summed E-state index contributed by atoms with van der Waals surface area (Å²) < 4.78 is 37.0.